The number of piperazine rings is 1. The SMILES string of the molecule is CNc1ncnc(N2CCN(C(C)C)CC2)c1C. The maximum absolute atomic E-state index is 4.44. The summed E-state index contributed by atoms with van der Waals surface area (Å²) < 4.78 is 0. The summed E-state index contributed by atoms with van der Waals surface area (Å²) in [6.45, 7) is 10.9. The quantitative estimate of drug-likeness (QED) is 0.876. The van der Waals surface area contributed by atoms with Gasteiger partial charge in [0.1, 0.15) is 18.0 Å². The number of anilines is 2. The fraction of sp³-hybridized carbons (Fsp3) is 0.692. The predicted molar refractivity (Wildman–Crippen MR) is 75.2 cm³/mol. The first kappa shape index (κ1) is 13.1. The van der Waals surface area contributed by atoms with Crippen LogP contribution in [-0.2, 0) is 0 Å². The van der Waals surface area contributed by atoms with E-state index in [1.165, 1.54) is 0 Å². The van der Waals surface area contributed by atoms with Gasteiger partial charge in [-0.05, 0) is 20.8 Å². The smallest absolute Gasteiger partial charge is 0.137 e. The van der Waals surface area contributed by atoms with Gasteiger partial charge in [-0.15, -0.1) is 0 Å². The minimum absolute atomic E-state index is 0.631. The molecule has 1 aromatic heterocycles. The number of hydrogen-bond acceptors (Lipinski definition) is 5. The van der Waals surface area contributed by atoms with Crippen molar-refractivity contribution in [2.45, 2.75) is 26.8 Å². The standard InChI is InChI=1S/C13H23N5/c1-10(2)17-5-7-18(8-6-17)13-11(3)12(14-4)15-9-16-13/h9-10H,5-8H2,1-4H3,(H,14,15,16). The van der Waals surface area contributed by atoms with Gasteiger partial charge in [-0.1, -0.05) is 0 Å². The van der Waals surface area contributed by atoms with Crippen LogP contribution in [0.15, 0.2) is 6.33 Å². The topological polar surface area (TPSA) is 44.3 Å². The predicted octanol–water partition coefficient (Wildman–Crippen LogP) is 1.36. The lowest BCUT2D eigenvalue weighted by atomic mass is 10.2. The third-order valence-electron chi connectivity index (χ3n) is 3.64. The largest absolute Gasteiger partial charge is 0.373 e. The molecule has 0 unspecified atom stereocenters. The molecule has 0 spiro atoms. The summed E-state index contributed by atoms with van der Waals surface area (Å²) in [4.78, 5) is 13.5. The normalized spacial score (nSPS) is 17.3. The van der Waals surface area contributed by atoms with Crippen LogP contribution >= 0.6 is 0 Å². The highest BCUT2D eigenvalue weighted by molar-refractivity contribution is 5.57. The number of aromatic nitrogens is 2. The van der Waals surface area contributed by atoms with Gasteiger partial charge in [0.05, 0.1) is 0 Å². The Morgan fingerprint density at radius 1 is 1.17 bits per heavy atom. The van der Waals surface area contributed by atoms with E-state index >= 15 is 0 Å². The maximum Gasteiger partial charge on any atom is 0.137 e. The number of hydrogen-bond donors (Lipinski definition) is 1. The van der Waals surface area contributed by atoms with Gasteiger partial charge in [-0.3, -0.25) is 4.90 Å². The highest BCUT2D eigenvalue weighted by Crippen LogP contribution is 2.23. The third kappa shape index (κ3) is 2.56. The molecule has 2 heterocycles. The van der Waals surface area contributed by atoms with E-state index in [0.717, 1.165) is 43.4 Å². The van der Waals surface area contributed by atoms with Gasteiger partial charge >= 0.3 is 0 Å². The van der Waals surface area contributed by atoms with E-state index < -0.39 is 0 Å². The molecule has 5 heteroatoms. The Kier molecular flexibility index (Phi) is 4.01. The highest BCUT2D eigenvalue weighted by Gasteiger charge is 2.21. The Morgan fingerprint density at radius 3 is 2.39 bits per heavy atom. The van der Waals surface area contributed by atoms with Crippen LogP contribution in [0.25, 0.3) is 0 Å². The molecule has 0 radical (unpaired) electrons. The molecule has 0 aromatic carbocycles. The van der Waals surface area contributed by atoms with Crippen LogP contribution < -0.4 is 10.2 Å². The molecule has 0 atom stereocenters. The van der Waals surface area contributed by atoms with Crippen molar-refractivity contribution in [1.82, 2.24) is 14.9 Å². The van der Waals surface area contributed by atoms with Gasteiger partial charge in [0.15, 0.2) is 0 Å². The Bertz CT molecular complexity index is 396. The first-order chi connectivity index (χ1) is 8.63. The second kappa shape index (κ2) is 5.52. The molecule has 1 aliphatic heterocycles. The molecule has 100 valence electrons. The lowest BCUT2D eigenvalue weighted by Crippen LogP contribution is -2.49. The van der Waals surface area contributed by atoms with Crippen molar-refractivity contribution in [3.05, 3.63) is 11.9 Å². The van der Waals surface area contributed by atoms with Crippen molar-refractivity contribution in [1.29, 1.82) is 0 Å². The Labute approximate surface area is 109 Å². The molecule has 18 heavy (non-hydrogen) atoms. The van der Waals surface area contributed by atoms with Crippen molar-refractivity contribution in [2.24, 2.45) is 0 Å². The summed E-state index contributed by atoms with van der Waals surface area (Å²) in [6, 6.07) is 0.631. The van der Waals surface area contributed by atoms with Crippen molar-refractivity contribution >= 4 is 11.6 Å². The van der Waals surface area contributed by atoms with Gasteiger partial charge < -0.3 is 10.2 Å². The fourth-order valence-corrected chi connectivity index (χ4v) is 2.46. The third-order valence-corrected chi connectivity index (χ3v) is 3.64. The van der Waals surface area contributed by atoms with E-state index in [4.69, 9.17) is 0 Å². The molecule has 1 fully saturated rings. The zero-order valence-electron chi connectivity index (χ0n) is 11.8. The van der Waals surface area contributed by atoms with Crippen LogP contribution in [0.5, 0.6) is 0 Å². The maximum atomic E-state index is 4.44. The van der Waals surface area contributed by atoms with Crippen LogP contribution in [0, 0.1) is 6.92 Å². The molecule has 0 bridgehead atoms. The van der Waals surface area contributed by atoms with Crippen LogP contribution in [0.3, 0.4) is 0 Å². The molecular formula is C13H23N5. The molecule has 0 aliphatic carbocycles. The molecule has 0 saturated carbocycles. The lowest BCUT2D eigenvalue weighted by molar-refractivity contribution is 0.209. The summed E-state index contributed by atoms with van der Waals surface area (Å²) in [6.07, 6.45) is 1.64. The fourth-order valence-electron chi connectivity index (χ4n) is 2.46. The van der Waals surface area contributed by atoms with Crippen molar-refractivity contribution < 1.29 is 0 Å². The van der Waals surface area contributed by atoms with Gasteiger partial charge in [0.25, 0.3) is 0 Å². The average Bonchev–Trinajstić information content (AvgIpc) is 2.39. The lowest BCUT2D eigenvalue weighted by Gasteiger charge is -2.38. The van der Waals surface area contributed by atoms with E-state index in [0.29, 0.717) is 6.04 Å². The summed E-state index contributed by atoms with van der Waals surface area (Å²) in [5.41, 5.74) is 1.14. The van der Waals surface area contributed by atoms with E-state index in [-0.39, 0.29) is 0 Å². The highest BCUT2D eigenvalue weighted by atomic mass is 15.3. The minimum atomic E-state index is 0.631. The second-order valence-electron chi connectivity index (χ2n) is 5.04. The van der Waals surface area contributed by atoms with E-state index in [1.54, 1.807) is 6.33 Å². The molecule has 5 nitrogen and oxygen atoms in total. The average molecular weight is 249 g/mol. The van der Waals surface area contributed by atoms with E-state index in [9.17, 15) is 0 Å². The van der Waals surface area contributed by atoms with Crippen molar-refractivity contribution in [3.8, 4) is 0 Å². The van der Waals surface area contributed by atoms with Crippen molar-refractivity contribution in [2.75, 3.05) is 43.4 Å². The summed E-state index contributed by atoms with van der Waals surface area (Å²) in [5, 5.41) is 3.11. The van der Waals surface area contributed by atoms with Gasteiger partial charge in [-0.25, -0.2) is 9.97 Å². The number of nitrogens with one attached hydrogen (secondary N) is 1. The molecule has 1 aromatic rings. The van der Waals surface area contributed by atoms with Gasteiger partial charge in [0.2, 0.25) is 0 Å². The van der Waals surface area contributed by atoms with Crippen molar-refractivity contribution in [3.63, 3.8) is 0 Å². The molecule has 1 N–H and O–H groups in total. The monoisotopic (exact) mass is 249 g/mol. The number of rotatable bonds is 3. The Morgan fingerprint density at radius 2 is 1.83 bits per heavy atom. The first-order valence-electron chi connectivity index (χ1n) is 6.62. The molecule has 0 amide bonds. The zero-order valence-corrected chi connectivity index (χ0v) is 11.8. The van der Waals surface area contributed by atoms with Crippen LogP contribution in [0.1, 0.15) is 19.4 Å². The van der Waals surface area contributed by atoms with Crippen LogP contribution in [0.4, 0.5) is 11.6 Å². The van der Waals surface area contributed by atoms with Crippen LogP contribution in [-0.4, -0.2) is 54.1 Å². The minimum Gasteiger partial charge on any atom is -0.373 e. The van der Waals surface area contributed by atoms with Gasteiger partial charge in [0, 0.05) is 44.8 Å². The summed E-state index contributed by atoms with van der Waals surface area (Å²) in [5.74, 6) is 1.99. The van der Waals surface area contributed by atoms with E-state index in [2.05, 4.69) is 45.9 Å². The zero-order chi connectivity index (χ0) is 13.1. The number of nitrogens with zero attached hydrogens (tertiary/aromatic N) is 4. The molecule has 2 rings (SSSR count). The summed E-state index contributed by atoms with van der Waals surface area (Å²) >= 11 is 0. The molecule has 1 saturated heterocycles. The second-order valence-corrected chi connectivity index (χ2v) is 5.04. The first-order valence-corrected chi connectivity index (χ1v) is 6.62. The Hall–Kier alpha value is -1.36. The summed E-state index contributed by atoms with van der Waals surface area (Å²) in [7, 11) is 1.90. The molecule has 1 aliphatic rings. The molecular weight excluding hydrogens is 226 g/mol. The van der Waals surface area contributed by atoms with Crippen LogP contribution in [0.2, 0.25) is 0 Å². The van der Waals surface area contributed by atoms with E-state index in [1.807, 2.05) is 7.05 Å². The van der Waals surface area contributed by atoms with Gasteiger partial charge in [-0.2, -0.15) is 0 Å². The Balaban J connectivity index is 2.10.